The Morgan fingerprint density at radius 1 is 1.19 bits per heavy atom. The molecule has 1 aromatic heterocycles. The topological polar surface area (TPSA) is 71.3 Å². The summed E-state index contributed by atoms with van der Waals surface area (Å²) in [4.78, 5) is 23.7. The number of hydrogen-bond donors (Lipinski definition) is 2. The lowest BCUT2D eigenvalue weighted by molar-refractivity contribution is -0.138. The van der Waals surface area contributed by atoms with Crippen LogP contribution in [0.25, 0.3) is 10.9 Å². The Morgan fingerprint density at radius 2 is 1.85 bits per heavy atom. The standard InChI is InChI=1S/C21H21ClN2O3/c1-12-8-17(22)16-10-19(24(3)18(16)9-12)20(25)23-11-14-4-6-15(7-5-14)13(2)21(26)27/h4-10,13H,11H2,1-3H3,(H,23,25)(H,26,27). The fourth-order valence-electron chi connectivity index (χ4n) is 3.08. The predicted molar refractivity (Wildman–Crippen MR) is 106 cm³/mol. The maximum absolute atomic E-state index is 12.6. The molecule has 1 unspecified atom stereocenters. The number of nitrogens with one attached hydrogen (secondary N) is 1. The zero-order chi connectivity index (χ0) is 19.7. The van der Waals surface area contributed by atoms with Crippen LogP contribution in [0.4, 0.5) is 0 Å². The van der Waals surface area contributed by atoms with Gasteiger partial charge in [0.2, 0.25) is 0 Å². The minimum absolute atomic E-state index is 0.189. The number of carbonyl (C=O) groups is 2. The van der Waals surface area contributed by atoms with Gasteiger partial charge in [0.1, 0.15) is 5.69 Å². The average Bonchev–Trinajstić information content (AvgIpc) is 2.96. The number of carboxylic acid groups (broad SMARTS) is 1. The Labute approximate surface area is 162 Å². The first-order valence-corrected chi connectivity index (χ1v) is 9.01. The molecule has 0 aliphatic rings. The third kappa shape index (κ3) is 3.83. The van der Waals surface area contributed by atoms with Crippen molar-refractivity contribution in [1.29, 1.82) is 0 Å². The van der Waals surface area contributed by atoms with Crippen LogP contribution in [-0.2, 0) is 18.4 Å². The van der Waals surface area contributed by atoms with Gasteiger partial charge in [-0.3, -0.25) is 9.59 Å². The summed E-state index contributed by atoms with van der Waals surface area (Å²) in [5.74, 6) is -1.61. The third-order valence-electron chi connectivity index (χ3n) is 4.79. The molecule has 0 fully saturated rings. The van der Waals surface area contributed by atoms with E-state index in [0.29, 0.717) is 17.3 Å². The van der Waals surface area contributed by atoms with Crippen LogP contribution in [0.15, 0.2) is 42.5 Å². The molecule has 2 aromatic carbocycles. The molecule has 2 N–H and O–H groups in total. The van der Waals surface area contributed by atoms with E-state index >= 15 is 0 Å². The summed E-state index contributed by atoms with van der Waals surface area (Å²) in [6.45, 7) is 3.97. The lowest BCUT2D eigenvalue weighted by Crippen LogP contribution is -2.24. The Bertz CT molecular complexity index is 1020. The van der Waals surface area contributed by atoms with E-state index in [4.69, 9.17) is 16.7 Å². The van der Waals surface area contributed by atoms with Crippen LogP contribution in [0.1, 0.15) is 40.0 Å². The second kappa shape index (κ2) is 7.45. The van der Waals surface area contributed by atoms with Gasteiger partial charge in [0.05, 0.1) is 16.5 Å². The van der Waals surface area contributed by atoms with Crippen molar-refractivity contribution in [3.8, 4) is 0 Å². The third-order valence-corrected chi connectivity index (χ3v) is 5.10. The average molecular weight is 385 g/mol. The number of nitrogens with zero attached hydrogens (tertiary/aromatic N) is 1. The van der Waals surface area contributed by atoms with Gasteiger partial charge in [-0.2, -0.15) is 0 Å². The van der Waals surface area contributed by atoms with Crippen LogP contribution in [0.5, 0.6) is 0 Å². The van der Waals surface area contributed by atoms with Crippen LogP contribution in [0, 0.1) is 6.92 Å². The first-order valence-electron chi connectivity index (χ1n) is 8.63. The van der Waals surface area contributed by atoms with Crippen molar-refractivity contribution in [3.63, 3.8) is 0 Å². The van der Waals surface area contributed by atoms with Gasteiger partial charge in [0.15, 0.2) is 0 Å². The van der Waals surface area contributed by atoms with E-state index in [1.807, 2.05) is 42.8 Å². The quantitative estimate of drug-likeness (QED) is 0.690. The van der Waals surface area contributed by atoms with Gasteiger partial charge in [-0.1, -0.05) is 35.9 Å². The lowest BCUT2D eigenvalue weighted by atomic mass is 10.00. The SMILES string of the molecule is Cc1cc(Cl)c2cc(C(=O)NCc3ccc(C(C)C(=O)O)cc3)n(C)c2c1. The summed E-state index contributed by atoms with van der Waals surface area (Å²) in [7, 11) is 1.84. The maximum atomic E-state index is 12.6. The summed E-state index contributed by atoms with van der Waals surface area (Å²) >= 11 is 6.30. The van der Waals surface area contributed by atoms with E-state index in [2.05, 4.69) is 5.32 Å². The van der Waals surface area contributed by atoms with Crippen LogP contribution < -0.4 is 5.32 Å². The van der Waals surface area contributed by atoms with E-state index in [-0.39, 0.29) is 5.91 Å². The number of fused-ring (bicyclic) bond motifs is 1. The number of carbonyl (C=O) groups excluding carboxylic acids is 1. The van der Waals surface area contributed by atoms with Crippen molar-refractivity contribution < 1.29 is 14.7 Å². The van der Waals surface area contributed by atoms with E-state index in [0.717, 1.165) is 27.6 Å². The van der Waals surface area contributed by atoms with Crippen molar-refractivity contribution in [2.24, 2.45) is 7.05 Å². The number of rotatable bonds is 5. The number of amides is 1. The van der Waals surface area contributed by atoms with Crippen LogP contribution in [0.2, 0.25) is 5.02 Å². The van der Waals surface area contributed by atoms with Crippen molar-refractivity contribution in [2.75, 3.05) is 0 Å². The van der Waals surface area contributed by atoms with Gasteiger partial charge < -0.3 is 15.0 Å². The van der Waals surface area contributed by atoms with Gasteiger partial charge >= 0.3 is 5.97 Å². The number of aliphatic carboxylic acids is 1. The van der Waals surface area contributed by atoms with Gasteiger partial charge in [-0.25, -0.2) is 0 Å². The molecule has 0 aliphatic carbocycles. The monoisotopic (exact) mass is 384 g/mol. The zero-order valence-corrected chi connectivity index (χ0v) is 16.2. The van der Waals surface area contributed by atoms with E-state index < -0.39 is 11.9 Å². The normalized spacial score (nSPS) is 12.1. The number of aryl methyl sites for hydroxylation is 2. The summed E-state index contributed by atoms with van der Waals surface area (Å²) in [6.07, 6.45) is 0. The zero-order valence-electron chi connectivity index (χ0n) is 15.4. The fourth-order valence-corrected chi connectivity index (χ4v) is 3.40. The molecule has 140 valence electrons. The molecule has 0 spiro atoms. The molecule has 0 radical (unpaired) electrons. The number of carboxylic acids is 1. The molecule has 3 aromatic rings. The highest BCUT2D eigenvalue weighted by molar-refractivity contribution is 6.35. The highest BCUT2D eigenvalue weighted by Crippen LogP contribution is 2.28. The number of benzene rings is 2. The summed E-state index contributed by atoms with van der Waals surface area (Å²) in [6, 6.07) is 12.9. The molecule has 1 atom stereocenters. The second-order valence-corrected chi connectivity index (χ2v) is 7.16. The Balaban J connectivity index is 1.75. The second-order valence-electron chi connectivity index (χ2n) is 6.75. The molecule has 3 rings (SSSR count). The highest BCUT2D eigenvalue weighted by atomic mass is 35.5. The largest absolute Gasteiger partial charge is 0.481 e. The Morgan fingerprint density at radius 3 is 2.48 bits per heavy atom. The van der Waals surface area contributed by atoms with Crippen LogP contribution >= 0.6 is 11.6 Å². The van der Waals surface area contributed by atoms with Gasteiger partial charge in [-0.15, -0.1) is 0 Å². The first-order chi connectivity index (χ1) is 12.8. The molecular weight excluding hydrogens is 364 g/mol. The minimum atomic E-state index is -0.860. The molecule has 0 saturated heterocycles. The summed E-state index contributed by atoms with van der Waals surface area (Å²) < 4.78 is 1.83. The Kier molecular flexibility index (Phi) is 5.24. The van der Waals surface area contributed by atoms with E-state index in [1.165, 1.54) is 0 Å². The molecule has 5 nitrogen and oxygen atoms in total. The van der Waals surface area contributed by atoms with Crippen LogP contribution in [-0.4, -0.2) is 21.6 Å². The molecule has 0 bridgehead atoms. The molecule has 6 heteroatoms. The predicted octanol–water partition coefficient (Wildman–Crippen LogP) is 4.26. The molecule has 27 heavy (non-hydrogen) atoms. The first kappa shape index (κ1) is 19.0. The van der Waals surface area contributed by atoms with Gasteiger partial charge in [0, 0.05) is 19.0 Å². The summed E-state index contributed by atoms with van der Waals surface area (Å²) in [5, 5.41) is 13.4. The minimum Gasteiger partial charge on any atom is -0.481 e. The molecular formula is C21H21ClN2O3. The molecule has 0 aliphatic heterocycles. The number of halogens is 1. The van der Waals surface area contributed by atoms with Gasteiger partial charge in [-0.05, 0) is 48.7 Å². The van der Waals surface area contributed by atoms with Crippen LogP contribution in [0.3, 0.4) is 0 Å². The van der Waals surface area contributed by atoms with E-state index in [1.54, 1.807) is 25.1 Å². The highest BCUT2D eigenvalue weighted by Gasteiger charge is 2.16. The fraction of sp³-hybridized carbons (Fsp3) is 0.238. The van der Waals surface area contributed by atoms with Crippen molar-refractivity contribution >= 4 is 34.4 Å². The molecule has 1 amide bonds. The van der Waals surface area contributed by atoms with E-state index in [9.17, 15) is 9.59 Å². The van der Waals surface area contributed by atoms with Crippen molar-refractivity contribution in [3.05, 3.63) is 69.9 Å². The number of aromatic nitrogens is 1. The summed E-state index contributed by atoms with van der Waals surface area (Å²) in [5.41, 5.74) is 4.12. The molecule has 0 saturated carbocycles. The Hall–Kier alpha value is -2.79. The number of hydrogen-bond acceptors (Lipinski definition) is 2. The van der Waals surface area contributed by atoms with Gasteiger partial charge in [0.25, 0.3) is 5.91 Å². The van der Waals surface area contributed by atoms with Crippen molar-refractivity contribution in [2.45, 2.75) is 26.3 Å². The molecule has 1 heterocycles. The maximum Gasteiger partial charge on any atom is 0.310 e. The smallest absolute Gasteiger partial charge is 0.310 e. The van der Waals surface area contributed by atoms with Crippen molar-refractivity contribution in [1.82, 2.24) is 9.88 Å². The lowest BCUT2D eigenvalue weighted by Gasteiger charge is -2.09.